The molecule has 19 heavy (non-hydrogen) atoms. The molecule has 0 amide bonds. The van der Waals surface area contributed by atoms with Crippen molar-refractivity contribution in [2.45, 2.75) is 18.4 Å². The van der Waals surface area contributed by atoms with E-state index in [1.165, 1.54) is 0 Å². The average Bonchev–Trinajstić information content (AvgIpc) is 1.82. The van der Waals surface area contributed by atoms with Crippen LogP contribution in [0.3, 0.4) is 0 Å². The molecule has 12 nitrogen and oxygen atoms in total. The molecule has 13 heteroatoms. The molecule has 0 saturated carbocycles. The minimum atomic E-state index is -2.74. The molecule has 0 bridgehead atoms. The Kier molecular flexibility index (Phi) is 40.1. The topological polar surface area (TPSA) is 290 Å². The van der Waals surface area contributed by atoms with Crippen LogP contribution in [0.5, 0.6) is 0 Å². The number of carbonyl (C=O) groups is 3. The van der Waals surface area contributed by atoms with Gasteiger partial charge in [0.05, 0.1) is 12.8 Å². The van der Waals surface area contributed by atoms with E-state index in [0.29, 0.717) is 0 Å². The Morgan fingerprint density at radius 3 is 1.11 bits per heavy atom. The van der Waals surface area contributed by atoms with Crippen LogP contribution < -0.4 is 51.4 Å². The van der Waals surface area contributed by atoms with Crippen molar-refractivity contribution in [2.75, 3.05) is 0 Å². The summed E-state index contributed by atoms with van der Waals surface area (Å²) in [6.45, 7) is 0. The van der Waals surface area contributed by atoms with Gasteiger partial charge >= 0.3 is 69.3 Å². The third-order valence-corrected chi connectivity index (χ3v) is 1.29. The molecule has 0 atom stereocenters. The van der Waals surface area contributed by atoms with Crippen LogP contribution in [-0.2, 0) is 14.4 Å². The van der Waals surface area contributed by atoms with Crippen molar-refractivity contribution in [3.8, 4) is 0 Å². The van der Waals surface area contributed by atoms with Crippen LogP contribution in [0.25, 0.3) is 0 Å². The van der Waals surface area contributed by atoms with Gasteiger partial charge in [-0.1, -0.05) is 0 Å². The molecule has 0 aliphatic carbocycles. The van der Waals surface area contributed by atoms with Crippen molar-refractivity contribution in [1.29, 1.82) is 0 Å². The summed E-state index contributed by atoms with van der Waals surface area (Å²) in [5, 5.41) is 33.8. The average molecular weight is 322 g/mol. The third-order valence-electron chi connectivity index (χ3n) is 1.29. The maximum absolute atomic E-state index is 10.3. The fraction of sp³-hybridized carbons (Fsp3) is 0.500. The summed E-state index contributed by atoms with van der Waals surface area (Å²) in [6, 6.07) is 0. The molecule has 0 aromatic carbocycles. The van der Waals surface area contributed by atoms with Crippen LogP contribution in [0, 0.1) is 0 Å². The quantitative estimate of drug-likeness (QED) is 0.353. The fourth-order valence-corrected chi connectivity index (χ4v) is 0.714. The van der Waals surface area contributed by atoms with Gasteiger partial charge in [0.2, 0.25) is 0 Å². The molecule has 0 saturated heterocycles. The normalized spacial score (nSPS) is 7.42. The van der Waals surface area contributed by atoms with E-state index in [2.05, 4.69) is 0 Å². The first-order chi connectivity index (χ1) is 5.78. The third kappa shape index (κ3) is 17.8. The maximum atomic E-state index is 10.3. The first-order valence-corrected chi connectivity index (χ1v) is 3.17. The number of hydrogen-bond acceptors (Lipinski definition) is 4. The molecule has 0 rings (SSSR count). The van der Waals surface area contributed by atoms with Gasteiger partial charge in [-0.3, -0.25) is 9.59 Å². The molecule has 0 aromatic rings. The maximum Gasteiger partial charge on any atom is 1.00 e. The number of rotatable bonds is 5. The number of aliphatic carboxylic acids is 3. The molecule has 0 fully saturated rings. The van der Waals surface area contributed by atoms with Gasteiger partial charge in [-0.2, -0.15) is 0 Å². The van der Waals surface area contributed by atoms with E-state index < -0.39 is 36.4 Å². The summed E-state index contributed by atoms with van der Waals surface area (Å²) >= 11 is 0. The summed E-state index contributed by atoms with van der Waals surface area (Å²) < 4.78 is 0. The van der Waals surface area contributed by atoms with E-state index in [1.54, 1.807) is 0 Å². The molecule has 14 N–H and O–H groups in total. The number of aliphatic hydroxyl groups is 1. The Bertz CT molecular complexity index is 242. The van der Waals surface area contributed by atoms with Crippen molar-refractivity contribution in [2.24, 2.45) is 0 Å². The Morgan fingerprint density at radius 2 is 1.00 bits per heavy atom. The van der Waals surface area contributed by atoms with Crippen molar-refractivity contribution in [1.82, 2.24) is 0 Å². The SMILES string of the molecule is O.O.O.O.O.O=C(O)CC(O)(CC(=O)O)C(=O)O.[H-].[K+]. The minimum Gasteiger partial charge on any atom is -1.00 e. The van der Waals surface area contributed by atoms with Crippen LogP contribution in [-0.4, -0.2) is 71.3 Å². The van der Waals surface area contributed by atoms with Crippen LogP contribution in [0.15, 0.2) is 0 Å². The molecule has 0 aliphatic rings. The summed E-state index contributed by atoms with van der Waals surface area (Å²) in [4.78, 5) is 30.5. The molecule has 0 aromatic heterocycles. The van der Waals surface area contributed by atoms with Crippen LogP contribution in [0.2, 0.25) is 0 Å². The van der Waals surface area contributed by atoms with Gasteiger partial charge in [-0.25, -0.2) is 4.79 Å². The summed E-state index contributed by atoms with van der Waals surface area (Å²) in [5.41, 5.74) is -2.74. The zero-order chi connectivity index (χ0) is 10.6. The largest absolute Gasteiger partial charge is 1.00 e. The van der Waals surface area contributed by atoms with Gasteiger partial charge in [0.1, 0.15) is 0 Å². The van der Waals surface area contributed by atoms with Gasteiger partial charge < -0.3 is 49.2 Å². The molecule has 0 aliphatic heterocycles. The number of carboxylic acids is 3. The second-order valence-corrected chi connectivity index (χ2v) is 2.48. The summed E-state index contributed by atoms with van der Waals surface area (Å²) in [5.74, 6) is -5.02. The number of carboxylic acid groups (broad SMARTS) is 3. The standard InChI is InChI=1S/C6H8O7.K.5H2O.H/c7-3(8)1-6(13,5(11)12)2-4(9)10;;;;;;;/h13H,1-2H2,(H,7,8)(H,9,10)(H,11,12);;5*1H2;/q;+1;;;;;;-1. The van der Waals surface area contributed by atoms with Crippen molar-refractivity contribution >= 4 is 17.9 Å². The number of hydrogen-bond donors (Lipinski definition) is 4. The Morgan fingerprint density at radius 1 is 0.789 bits per heavy atom. The molecule has 0 spiro atoms. The van der Waals surface area contributed by atoms with Crippen LogP contribution in [0.4, 0.5) is 0 Å². The smallest absolute Gasteiger partial charge is 1.00 e. The molecule has 0 unspecified atom stereocenters. The van der Waals surface area contributed by atoms with Crippen molar-refractivity contribution < 1.29 is 115 Å². The van der Waals surface area contributed by atoms with E-state index in [4.69, 9.17) is 20.4 Å². The van der Waals surface area contributed by atoms with Crippen molar-refractivity contribution in [3.05, 3.63) is 0 Å². The molecule has 116 valence electrons. The first kappa shape index (κ1) is 42.8. The van der Waals surface area contributed by atoms with Crippen LogP contribution in [0.1, 0.15) is 14.3 Å². The van der Waals surface area contributed by atoms with E-state index in [9.17, 15) is 14.4 Å². The Hall–Kier alpha value is -0.194. The zero-order valence-corrected chi connectivity index (χ0v) is 13.1. The molecule has 0 radical (unpaired) electrons. The molecule has 0 heterocycles. The van der Waals surface area contributed by atoms with Gasteiger partial charge in [-0.05, 0) is 0 Å². The van der Waals surface area contributed by atoms with E-state index in [-0.39, 0.29) is 80.2 Å². The first-order valence-electron chi connectivity index (χ1n) is 3.17. The predicted molar refractivity (Wildman–Crippen MR) is 56.3 cm³/mol. The van der Waals surface area contributed by atoms with E-state index >= 15 is 0 Å². The minimum absolute atomic E-state index is 0. The monoisotopic (exact) mass is 322 g/mol. The van der Waals surface area contributed by atoms with Gasteiger partial charge in [0, 0.05) is 0 Å². The zero-order valence-electron chi connectivity index (χ0n) is 10.9. The Balaban J connectivity index is -0.0000000343. The summed E-state index contributed by atoms with van der Waals surface area (Å²) in [7, 11) is 0. The van der Waals surface area contributed by atoms with Gasteiger partial charge in [0.25, 0.3) is 0 Å². The molecular weight excluding hydrogens is 303 g/mol. The van der Waals surface area contributed by atoms with Gasteiger partial charge in [-0.15, -0.1) is 0 Å². The second-order valence-electron chi connectivity index (χ2n) is 2.48. The van der Waals surface area contributed by atoms with Gasteiger partial charge in [0.15, 0.2) is 5.60 Å². The predicted octanol–water partition coefficient (Wildman–Crippen LogP) is -8.26. The fourth-order valence-electron chi connectivity index (χ4n) is 0.714. The summed E-state index contributed by atoms with van der Waals surface area (Å²) in [6.07, 6.45) is -2.29. The molecular formula is C6H19KO12. The van der Waals surface area contributed by atoms with E-state index in [0.717, 1.165) is 0 Å². The van der Waals surface area contributed by atoms with Crippen molar-refractivity contribution in [3.63, 3.8) is 0 Å². The van der Waals surface area contributed by atoms with Crippen LogP contribution >= 0.6 is 0 Å². The van der Waals surface area contributed by atoms with E-state index in [1.807, 2.05) is 0 Å². The second kappa shape index (κ2) is 17.8. The Labute approximate surface area is 150 Å².